The Bertz CT molecular complexity index is 976. The van der Waals surface area contributed by atoms with E-state index in [1.54, 1.807) is 19.1 Å². The van der Waals surface area contributed by atoms with Crippen molar-refractivity contribution >= 4 is 19.0 Å². The fourth-order valence-electron chi connectivity index (χ4n) is 3.77. The summed E-state index contributed by atoms with van der Waals surface area (Å²) in [5.74, 6) is -0.200. The van der Waals surface area contributed by atoms with Gasteiger partial charge in [-0.05, 0) is 18.1 Å². The van der Waals surface area contributed by atoms with Gasteiger partial charge in [-0.15, -0.1) is 6.58 Å². The molecule has 0 spiro atoms. The van der Waals surface area contributed by atoms with E-state index in [0.29, 0.717) is 5.56 Å². The molecule has 0 aromatic heterocycles. The summed E-state index contributed by atoms with van der Waals surface area (Å²) in [6.07, 6.45) is -0.735. The molecule has 0 radical (unpaired) electrons. The molecular formula is C26H28O2Si. The first-order chi connectivity index (χ1) is 13.8. The van der Waals surface area contributed by atoms with Crippen LogP contribution >= 0.6 is 0 Å². The van der Waals surface area contributed by atoms with Crippen molar-refractivity contribution in [3.63, 3.8) is 0 Å². The van der Waals surface area contributed by atoms with E-state index in [0.717, 1.165) is 16.3 Å². The molecule has 0 unspecified atom stereocenters. The van der Waals surface area contributed by atoms with E-state index in [9.17, 15) is 9.90 Å². The summed E-state index contributed by atoms with van der Waals surface area (Å²) < 4.78 is 0. The van der Waals surface area contributed by atoms with Crippen LogP contribution in [0.25, 0.3) is 0 Å². The molecule has 0 bridgehead atoms. The summed E-state index contributed by atoms with van der Waals surface area (Å²) in [6, 6.07) is 27.8. The van der Waals surface area contributed by atoms with Gasteiger partial charge in [-0.2, -0.15) is 0 Å². The molecule has 0 aliphatic carbocycles. The third-order valence-corrected chi connectivity index (χ3v) is 9.50. The number of aliphatic hydroxyl groups is 1. The standard InChI is InChI=1S/C26H28O2Si/c1-19(27)21-15-17-23(18-16-21)26(28)25(22-11-7-5-8-12-22)20(2)29(3,4)24-13-9-6-10-14-24/h5-18,25-26,28H,2H2,1,3-4H3/t25-,26+/m0/s1. The number of ketones is 1. The zero-order chi connectivity index (χ0) is 21.0. The van der Waals surface area contributed by atoms with Gasteiger partial charge in [0.05, 0.1) is 6.10 Å². The SMILES string of the molecule is C=C([C@@H](c1ccccc1)[C@H](O)c1ccc(C(C)=O)cc1)[Si](C)(C)c1ccccc1. The van der Waals surface area contributed by atoms with Crippen molar-refractivity contribution in [3.05, 3.63) is 113 Å². The summed E-state index contributed by atoms with van der Waals surface area (Å²) in [6.45, 7) is 10.6. The number of hydrogen-bond acceptors (Lipinski definition) is 2. The van der Waals surface area contributed by atoms with Gasteiger partial charge in [0.15, 0.2) is 5.78 Å². The minimum absolute atomic E-state index is 0.0210. The number of carbonyl (C=O) groups excluding carboxylic acids is 1. The lowest BCUT2D eigenvalue weighted by atomic mass is 9.88. The van der Waals surface area contributed by atoms with E-state index >= 15 is 0 Å². The summed E-state index contributed by atoms with van der Waals surface area (Å²) in [7, 11) is -2.06. The topological polar surface area (TPSA) is 37.3 Å². The molecule has 0 saturated heterocycles. The zero-order valence-electron chi connectivity index (χ0n) is 17.3. The highest BCUT2D eigenvalue weighted by Gasteiger charge is 2.36. The maximum Gasteiger partial charge on any atom is 0.159 e. The summed E-state index contributed by atoms with van der Waals surface area (Å²) in [5.41, 5.74) is 2.50. The van der Waals surface area contributed by atoms with Crippen LogP contribution in [0.4, 0.5) is 0 Å². The fourth-order valence-corrected chi connectivity index (χ4v) is 6.27. The molecule has 0 amide bonds. The molecule has 29 heavy (non-hydrogen) atoms. The van der Waals surface area contributed by atoms with E-state index in [1.807, 2.05) is 36.4 Å². The van der Waals surface area contributed by atoms with Crippen LogP contribution in [0.1, 0.15) is 40.4 Å². The van der Waals surface area contributed by atoms with Crippen LogP contribution in [0.15, 0.2) is 96.7 Å². The molecular weight excluding hydrogens is 372 g/mol. The minimum atomic E-state index is -2.06. The van der Waals surface area contributed by atoms with Crippen molar-refractivity contribution in [2.45, 2.75) is 32.0 Å². The van der Waals surface area contributed by atoms with Crippen LogP contribution in [0, 0.1) is 0 Å². The van der Waals surface area contributed by atoms with Crippen LogP contribution < -0.4 is 5.19 Å². The predicted octanol–water partition coefficient (Wildman–Crippen LogP) is 5.42. The highest BCUT2D eigenvalue weighted by Crippen LogP contribution is 2.40. The Kier molecular flexibility index (Phi) is 6.31. The number of rotatable bonds is 7. The van der Waals surface area contributed by atoms with Gasteiger partial charge in [-0.3, -0.25) is 4.79 Å². The van der Waals surface area contributed by atoms with Gasteiger partial charge in [0.2, 0.25) is 0 Å². The molecule has 0 heterocycles. The lowest BCUT2D eigenvalue weighted by molar-refractivity contribution is 0.101. The Balaban J connectivity index is 2.03. The van der Waals surface area contributed by atoms with Gasteiger partial charge in [0.1, 0.15) is 8.07 Å². The van der Waals surface area contributed by atoms with Crippen LogP contribution in [-0.2, 0) is 0 Å². The summed E-state index contributed by atoms with van der Waals surface area (Å²) >= 11 is 0. The molecule has 3 rings (SSSR count). The van der Waals surface area contributed by atoms with Crippen molar-refractivity contribution in [1.82, 2.24) is 0 Å². The predicted molar refractivity (Wildman–Crippen MR) is 123 cm³/mol. The van der Waals surface area contributed by atoms with E-state index in [2.05, 4.69) is 56.1 Å². The molecule has 3 heteroatoms. The van der Waals surface area contributed by atoms with Crippen LogP contribution in [0.3, 0.4) is 0 Å². The highest BCUT2D eigenvalue weighted by molar-refractivity contribution is 6.95. The minimum Gasteiger partial charge on any atom is -0.387 e. The highest BCUT2D eigenvalue weighted by atomic mass is 28.3. The van der Waals surface area contributed by atoms with Crippen molar-refractivity contribution in [1.29, 1.82) is 0 Å². The largest absolute Gasteiger partial charge is 0.387 e. The first-order valence-electron chi connectivity index (χ1n) is 9.91. The number of Topliss-reactive ketones (excluding diaryl/α,β-unsaturated/α-hetero) is 1. The Morgan fingerprint density at radius 1 is 0.828 bits per heavy atom. The average Bonchev–Trinajstić information content (AvgIpc) is 2.75. The second-order valence-electron chi connectivity index (χ2n) is 8.03. The molecule has 0 saturated carbocycles. The van der Waals surface area contributed by atoms with Crippen molar-refractivity contribution in [2.24, 2.45) is 0 Å². The number of benzene rings is 3. The maximum atomic E-state index is 11.6. The number of aliphatic hydroxyl groups excluding tert-OH is 1. The van der Waals surface area contributed by atoms with Gasteiger partial charge in [-0.25, -0.2) is 0 Å². The van der Waals surface area contributed by atoms with Crippen molar-refractivity contribution < 1.29 is 9.90 Å². The van der Waals surface area contributed by atoms with Gasteiger partial charge in [0.25, 0.3) is 0 Å². The third kappa shape index (κ3) is 4.47. The second-order valence-corrected chi connectivity index (χ2v) is 12.5. The molecule has 148 valence electrons. The van der Waals surface area contributed by atoms with Gasteiger partial charge >= 0.3 is 0 Å². The molecule has 0 fully saturated rings. The van der Waals surface area contributed by atoms with E-state index in [1.165, 1.54) is 5.19 Å². The van der Waals surface area contributed by atoms with Crippen molar-refractivity contribution in [2.75, 3.05) is 0 Å². The normalized spacial score (nSPS) is 13.5. The van der Waals surface area contributed by atoms with Gasteiger partial charge in [-0.1, -0.05) is 108 Å². The van der Waals surface area contributed by atoms with E-state index in [4.69, 9.17) is 0 Å². The Labute approximate surface area is 174 Å². The Hall–Kier alpha value is -2.75. The Morgan fingerprint density at radius 2 is 1.34 bits per heavy atom. The fraction of sp³-hybridized carbons (Fsp3) is 0.192. The quantitative estimate of drug-likeness (QED) is 0.425. The van der Waals surface area contributed by atoms with Crippen molar-refractivity contribution in [3.8, 4) is 0 Å². The molecule has 2 nitrogen and oxygen atoms in total. The van der Waals surface area contributed by atoms with E-state index in [-0.39, 0.29) is 11.7 Å². The van der Waals surface area contributed by atoms with Gasteiger partial charge in [0, 0.05) is 11.5 Å². The molecule has 3 aromatic rings. The summed E-state index contributed by atoms with van der Waals surface area (Å²) in [5, 5.41) is 13.8. The molecule has 3 aromatic carbocycles. The van der Waals surface area contributed by atoms with Crippen LogP contribution in [-0.4, -0.2) is 19.0 Å². The first kappa shape index (κ1) is 21.0. The molecule has 1 N–H and O–H groups in total. The van der Waals surface area contributed by atoms with Gasteiger partial charge < -0.3 is 5.11 Å². The summed E-state index contributed by atoms with van der Waals surface area (Å²) in [4.78, 5) is 11.6. The average molecular weight is 401 g/mol. The lowest BCUT2D eigenvalue weighted by Gasteiger charge is -2.35. The molecule has 2 atom stereocenters. The second kappa shape index (κ2) is 8.72. The first-order valence-corrected chi connectivity index (χ1v) is 12.9. The third-order valence-electron chi connectivity index (χ3n) is 5.81. The maximum absolute atomic E-state index is 11.6. The smallest absolute Gasteiger partial charge is 0.159 e. The molecule has 0 aliphatic heterocycles. The van der Waals surface area contributed by atoms with Crippen LogP contribution in [0.5, 0.6) is 0 Å². The Morgan fingerprint density at radius 3 is 1.86 bits per heavy atom. The number of carbonyl (C=O) groups is 1. The monoisotopic (exact) mass is 400 g/mol. The molecule has 0 aliphatic rings. The van der Waals surface area contributed by atoms with Crippen LogP contribution in [0.2, 0.25) is 13.1 Å². The number of hydrogen-bond donors (Lipinski definition) is 1. The lowest BCUT2D eigenvalue weighted by Crippen LogP contribution is -2.46. The zero-order valence-corrected chi connectivity index (χ0v) is 18.3. The van der Waals surface area contributed by atoms with E-state index < -0.39 is 14.2 Å².